The van der Waals surface area contributed by atoms with Crippen LogP contribution >= 0.6 is 0 Å². The van der Waals surface area contributed by atoms with Crippen molar-refractivity contribution in [1.29, 1.82) is 0 Å². The maximum absolute atomic E-state index is 5.55. The van der Waals surface area contributed by atoms with Crippen molar-refractivity contribution in [3.05, 3.63) is 11.1 Å². The maximum Gasteiger partial charge on any atom is 0.0519 e. The van der Waals surface area contributed by atoms with Gasteiger partial charge in [-0.2, -0.15) is 0 Å². The van der Waals surface area contributed by atoms with Crippen LogP contribution in [-0.4, -0.2) is 25.5 Å². The van der Waals surface area contributed by atoms with Crippen LogP contribution in [0.15, 0.2) is 16.1 Å². The molecule has 1 aliphatic rings. The van der Waals surface area contributed by atoms with Gasteiger partial charge in [0.05, 0.1) is 12.6 Å². The summed E-state index contributed by atoms with van der Waals surface area (Å²) >= 11 is 0. The molecule has 0 bridgehead atoms. The van der Waals surface area contributed by atoms with Gasteiger partial charge in [0.1, 0.15) is 0 Å². The summed E-state index contributed by atoms with van der Waals surface area (Å²) in [6, 6.07) is 0.441. The van der Waals surface area contributed by atoms with Gasteiger partial charge in [-0.15, -0.1) is 0 Å². The summed E-state index contributed by atoms with van der Waals surface area (Å²) in [5, 5.41) is 0. The number of rotatable bonds is 1. The Balaban J connectivity index is 2.69. The first-order valence-electron chi connectivity index (χ1n) is 5.51. The average Bonchev–Trinajstić information content (AvgIpc) is 2.20. The van der Waals surface area contributed by atoms with Gasteiger partial charge in [0.2, 0.25) is 0 Å². The Kier molecular flexibility index (Phi) is 4.88. The molecule has 0 N–H and O–H groups in total. The van der Waals surface area contributed by atoms with E-state index in [1.54, 1.807) is 0 Å². The van der Waals surface area contributed by atoms with E-state index in [9.17, 15) is 0 Å². The molecule has 1 aliphatic heterocycles. The number of allylic oxidation sites excluding steroid dienone is 1. The van der Waals surface area contributed by atoms with Gasteiger partial charge < -0.3 is 4.74 Å². The molecule has 14 heavy (non-hydrogen) atoms. The second kappa shape index (κ2) is 5.97. The minimum absolute atomic E-state index is 0.441. The van der Waals surface area contributed by atoms with E-state index in [2.05, 4.69) is 25.8 Å². The number of nitrogens with zero attached hydrogens (tertiary/aromatic N) is 1. The lowest BCUT2D eigenvalue weighted by Gasteiger charge is -2.13. The van der Waals surface area contributed by atoms with Gasteiger partial charge >= 0.3 is 0 Å². The van der Waals surface area contributed by atoms with Crippen LogP contribution in [0.4, 0.5) is 0 Å². The molecule has 0 saturated carbocycles. The van der Waals surface area contributed by atoms with Crippen molar-refractivity contribution in [3.63, 3.8) is 0 Å². The Labute approximate surface area is 87.1 Å². The third kappa shape index (κ3) is 3.62. The predicted molar refractivity (Wildman–Crippen MR) is 61.0 cm³/mol. The summed E-state index contributed by atoms with van der Waals surface area (Å²) in [6.07, 6.45) is 5.23. The zero-order chi connectivity index (χ0) is 10.4. The summed E-state index contributed by atoms with van der Waals surface area (Å²) in [5.74, 6) is 0. The molecule has 2 heteroatoms. The summed E-state index contributed by atoms with van der Waals surface area (Å²) in [7, 11) is 0. The first kappa shape index (κ1) is 11.4. The molecule has 0 aromatic carbocycles. The summed E-state index contributed by atoms with van der Waals surface area (Å²) in [6.45, 7) is 8.18. The quantitative estimate of drug-likeness (QED) is 0.630. The van der Waals surface area contributed by atoms with Crippen molar-refractivity contribution in [2.24, 2.45) is 4.99 Å². The maximum atomic E-state index is 5.55. The largest absolute Gasteiger partial charge is 0.381 e. The Morgan fingerprint density at radius 3 is 2.93 bits per heavy atom. The molecule has 0 spiro atoms. The minimum Gasteiger partial charge on any atom is -0.381 e. The molecule has 0 fully saturated rings. The molecule has 0 amide bonds. The number of hydrogen-bond donors (Lipinski definition) is 0. The third-order valence-electron chi connectivity index (χ3n) is 2.84. The van der Waals surface area contributed by atoms with Crippen molar-refractivity contribution < 1.29 is 4.74 Å². The normalized spacial score (nSPS) is 30.4. The molecule has 1 unspecified atom stereocenters. The number of hydrogen-bond acceptors (Lipinski definition) is 2. The molecule has 0 radical (unpaired) electrons. The van der Waals surface area contributed by atoms with Gasteiger partial charge in [-0.3, -0.25) is 4.99 Å². The van der Waals surface area contributed by atoms with E-state index >= 15 is 0 Å². The Bertz CT molecular complexity index is 230. The fraction of sp³-hybridized carbons (Fsp3) is 0.750. The monoisotopic (exact) mass is 195 g/mol. The fourth-order valence-electron chi connectivity index (χ4n) is 1.46. The smallest absolute Gasteiger partial charge is 0.0519 e. The molecule has 80 valence electrons. The summed E-state index contributed by atoms with van der Waals surface area (Å²) in [5.41, 5.74) is 2.69. The van der Waals surface area contributed by atoms with E-state index in [1.165, 1.54) is 11.1 Å². The van der Waals surface area contributed by atoms with E-state index in [0.29, 0.717) is 6.04 Å². The van der Waals surface area contributed by atoms with E-state index < -0.39 is 0 Å². The van der Waals surface area contributed by atoms with Crippen LogP contribution in [0.25, 0.3) is 0 Å². The summed E-state index contributed by atoms with van der Waals surface area (Å²) < 4.78 is 5.55. The molecule has 0 saturated heterocycles. The summed E-state index contributed by atoms with van der Waals surface area (Å²) in [4.78, 5) is 4.57. The molecule has 1 heterocycles. The van der Waals surface area contributed by atoms with Crippen LogP contribution in [-0.2, 0) is 4.74 Å². The Morgan fingerprint density at radius 2 is 2.21 bits per heavy atom. The Morgan fingerprint density at radius 1 is 1.43 bits per heavy atom. The van der Waals surface area contributed by atoms with Crippen LogP contribution in [0.1, 0.15) is 40.0 Å². The van der Waals surface area contributed by atoms with Crippen molar-refractivity contribution in [2.75, 3.05) is 13.2 Å². The van der Waals surface area contributed by atoms with Gasteiger partial charge in [0, 0.05) is 12.8 Å². The van der Waals surface area contributed by atoms with E-state index in [0.717, 1.165) is 32.5 Å². The lowest BCUT2D eigenvalue weighted by molar-refractivity contribution is 0.129. The highest BCUT2D eigenvalue weighted by molar-refractivity contribution is 5.78. The average molecular weight is 195 g/mol. The van der Waals surface area contributed by atoms with Gasteiger partial charge in [0.25, 0.3) is 0 Å². The zero-order valence-electron chi connectivity index (χ0n) is 9.55. The zero-order valence-corrected chi connectivity index (χ0v) is 9.55. The van der Waals surface area contributed by atoms with Crippen molar-refractivity contribution >= 4 is 6.21 Å². The first-order valence-corrected chi connectivity index (χ1v) is 5.51. The second-order valence-electron chi connectivity index (χ2n) is 3.95. The predicted octanol–water partition coefficient (Wildman–Crippen LogP) is 2.98. The SMILES string of the molecule is CCC1CCOCC/C(C)=C(\C)C=N1. The van der Waals surface area contributed by atoms with Crippen LogP contribution in [0.5, 0.6) is 0 Å². The van der Waals surface area contributed by atoms with Gasteiger partial charge in [-0.1, -0.05) is 12.5 Å². The minimum atomic E-state index is 0.441. The van der Waals surface area contributed by atoms with Gasteiger partial charge in [0.15, 0.2) is 0 Å². The van der Waals surface area contributed by atoms with Crippen LogP contribution in [0, 0.1) is 0 Å². The molecular formula is C12H21NO. The molecule has 0 aromatic rings. The van der Waals surface area contributed by atoms with Crippen LogP contribution in [0.2, 0.25) is 0 Å². The highest BCUT2D eigenvalue weighted by Gasteiger charge is 2.05. The Hall–Kier alpha value is -0.630. The number of aliphatic imine (C=N–C) groups is 1. The van der Waals surface area contributed by atoms with E-state index in [4.69, 9.17) is 4.74 Å². The van der Waals surface area contributed by atoms with Crippen molar-refractivity contribution in [3.8, 4) is 0 Å². The molecular weight excluding hydrogens is 174 g/mol. The van der Waals surface area contributed by atoms with Gasteiger partial charge in [-0.25, -0.2) is 0 Å². The third-order valence-corrected chi connectivity index (χ3v) is 2.84. The van der Waals surface area contributed by atoms with E-state index in [-0.39, 0.29) is 0 Å². The lowest BCUT2D eigenvalue weighted by Crippen LogP contribution is -2.10. The first-order chi connectivity index (χ1) is 6.74. The van der Waals surface area contributed by atoms with Crippen LogP contribution < -0.4 is 0 Å². The standard InChI is InChI=1S/C12H21NO/c1-4-12-6-8-14-7-5-10(2)11(3)9-13-12/h9,12H,4-8H2,1-3H3/b11-10+,13-9?. The highest BCUT2D eigenvalue weighted by atomic mass is 16.5. The lowest BCUT2D eigenvalue weighted by atomic mass is 10.1. The molecule has 1 rings (SSSR count). The topological polar surface area (TPSA) is 21.6 Å². The molecule has 0 aromatic heterocycles. The molecule has 0 aliphatic carbocycles. The van der Waals surface area contributed by atoms with Crippen molar-refractivity contribution in [2.45, 2.75) is 46.1 Å². The van der Waals surface area contributed by atoms with Gasteiger partial charge in [-0.05, 0) is 38.7 Å². The second-order valence-corrected chi connectivity index (χ2v) is 3.95. The molecule has 2 nitrogen and oxygen atoms in total. The van der Waals surface area contributed by atoms with Crippen LogP contribution in [0.3, 0.4) is 0 Å². The van der Waals surface area contributed by atoms with E-state index in [1.807, 2.05) is 6.21 Å². The van der Waals surface area contributed by atoms with Crippen molar-refractivity contribution in [1.82, 2.24) is 0 Å². The number of ether oxygens (including phenoxy) is 1. The molecule has 1 atom stereocenters. The highest BCUT2D eigenvalue weighted by Crippen LogP contribution is 2.11. The fourth-order valence-corrected chi connectivity index (χ4v) is 1.46.